The van der Waals surface area contributed by atoms with Gasteiger partial charge in [-0.2, -0.15) is 0 Å². The fourth-order valence-corrected chi connectivity index (χ4v) is 2.31. The molecule has 1 saturated heterocycles. The third-order valence-electron chi connectivity index (χ3n) is 3.28. The molecule has 1 unspecified atom stereocenters. The second kappa shape index (κ2) is 6.34. The lowest BCUT2D eigenvalue weighted by Gasteiger charge is -2.20. The van der Waals surface area contributed by atoms with Crippen molar-refractivity contribution in [1.29, 1.82) is 0 Å². The highest BCUT2D eigenvalue weighted by Crippen LogP contribution is 2.19. The first-order chi connectivity index (χ1) is 7.65. The number of hydrogen-bond donors (Lipinski definition) is 1. The molecule has 0 spiro atoms. The van der Waals surface area contributed by atoms with Crippen LogP contribution in [-0.2, 0) is 0 Å². The van der Waals surface area contributed by atoms with Crippen molar-refractivity contribution in [3.8, 4) is 0 Å². The van der Waals surface area contributed by atoms with E-state index in [-0.39, 0.29) is 18.2 Å². The van der Waals surface area contributed by atoms with Crippen LogP contribution in [0.25, 0.3) is 0 Å². The van der Waals surface area contributed by atoms with Gasteiger partial charge < -0.3 is 10.6 Å². The van der Waals surface area contributed by atoms with E-state index in [1.807, 2.05) is 12.1 Å². The molecule has 96 valence electrons. The van der Waals surface area contributed by atoms with Gasteiger partial charge in [0.05, 0.1) is 0 Å². The normalized spacial score (nSPS) is 22.2. The summed E-state index contributed by atoms with van der Waals surface area (Å²) in [5.74, 6) is 0.269. The lowest BCUT2D eigenvalue weighted by atomic mass is 10.0. The molecule has 1 aliphatic heterocycles. The molecule has 2 N–H and O–H groups in total. The first-order valence-corrected chi connectivity index (χ1v) is 5.88. The maximum atomic E-state index is 12.8. The Morgan fingerprint density at radius 2 is 2.06 bits per heavy atom. The van der Waals surface area contributed by atoms with E-state index in [1.165, 1.54) is 17.7 Å². The third kappa shape index (κ3) is 3.95. The van der Waals surface area contributed by atoms with Gasteiger partial charge in [-0.1, -0.05) is 19.1 Å². The minimum Gasteiger partial charge on any atom is -0.326 e. The summed E-state index contributed by atoms with van der Waals surface area (Å²) >= 11 is 0. The van der Waals surface area contributed by atoms with Gasteiger partial charge in [-0.25, -0.2) is 4.39 Å². The van der Waals surface area contributed by atoms with E-state index in [0.717, 1.165) is 26.1 Å². The van der Waals surface area contributed by atoms with E-state index in [9.17, 15) is 4.39 Å². The smallest absolute Gasteiger partial charge is 0.123 e. The molecular weight excluding hydrogens is 239 g/mol. The van der Waals surface area contributed by atoms with E-state index >= 15 is 0 Å². The summed E-state index contributed by atoms with van der Waals surface area (Å²) < 4.78 is 12.8. The molecule has 0 saturated carbocycles. The summed E-state index contributed by atoms with van der Waals surface area (Å²) in [6, 6.07) is 7.13. The van der Waals surface area contributed by atoms with Crippen LogP contribution < -0.4 is 5.73 Å². The molecule has 0 aromatic heterocycles. The number of nitrogens with two attached hydrogens (primary N) is 1. The number of halogens is 2. The minimum atomic E-state index is -0.167. The number of nitrogens with zero attached hydrogens (tertiary/aromatic N) is 1. The highest BCUT2D eigenvalue weighted by molar-refractivity contribution is 5.85. The molecule has 2 rings (SSSR count). The van der Waals surface area contributed by atoms with Gasteiger partial charge in [0.1, 0.15) is 5.82 Å². The molecular formula is C13H20ClFN2. The molecule has 1 heterocycles. The van der Waals surface area contributed by atoms with Gasteiger partial charge >= 0.3 is 0 Å². The minimum absolute atomic E-state index is 0. The van der Waals surface area contributed by atoms with Crippen LogP contribution in [0.1, 0.15) is 24.8 Å². The van der Waals surface area contributed by atoms with Crippen molar-refractivity contribution in [3.63, 3.8) is 0 Å². The van der Waals surface area contributed by atoms with Crippen LogP contribution in [0.5, 0.6) is 0 Å². The summed E-state index contributed by atoms with van der Waals surface area (Å²) in [5, 5.41) is 0. The fraction of sp³-hybridized carbons (Fsp3) is 0.538. The van der Waals surface area contributed by atoms with Crippen LogP contribution in [0.4, 0.5) is 4.39 Å². The predicted octanol–water partition coefficient (Wildman–Crippen LogP) is 2.38. The average molecular weight is 259 g/mol. The Labute approximate surface area is 108 Å². The van der Waals surface area contributed by atoms with E-state index in [2.05, 4.69) is 11.8 Å². The lowest BCUT2D eigenvalue weighted by Crippen LogP contribution is -2.29. The lowest BCUT2D eigenvalue weighted by molar-refractivity contribution is 0.316. The van der Waals surface area contributed by atoms with Gasteiger partial charge in [-0.3, -0.25) is 0 Å². The van der Waals surface area contributed by atoms with Crippen molar-refractivity contribution < 1.29 is 4.39 Å². The van der Waals surface area contributed by atoms with Crippen LogP contribution in [0.2, 0.25) is 0 Å². The summed E-state index contributed by atoms with van der Waals surface area (Å²) in [7, 11) is 0. The number of benzene rings is 1. The number of likely N-dealkylation sites (tertiary alicyclic amines) is 1. The van der Waals surface area contributed by atoms with Gasteiger partial charge in [0.15, 0.2) is 0 Å². The largest absolute Gasteiger partial charge is 0.326 e. The molecule has 4 heteroatoms. The number of hydrogen-bond acceptors (Lipinski definition) is 2. The maximum absolute atomic E-state index is 12.8. The van der Waals surface area contributed by atoms with E-state index in [4.69, 9.17) is 5.73 Å². The molecule has 0 bridgehead atoms. The molecule has 0 radical (unpaired) electrons. The SMILES string of the molecule is CC(CN1CC[C@H](N)C1)c1ccc(F)cc1.Cl. The molecule has 17 heavy (non-hydrogen) atoms. The van der Waals surface area contributed by atoms with Gasteiger partial charge in [0, 0.05) is 19.1 Å². The first kappa shape index (κ1) is 14.4. The summed E-state index contributed by atoms with van der Waals surface area (Å²) in [5.41, 5.74) is 7.06. The first-order valence-electron chi connectivity index (χ1n) is 5.88. The molecule has 2 atom stereocenters. The second-order valence-corrected chi connectivity index (χ2v) is 4.76. The highest BCUT2D eigenvalue weighted by Gasteiger charge is 2.20. The molecule has 0 amide bonds. The van der Waals surface area contributed by atoms with Gasteiger partial charge in [0.25, 0.3) is 0 Å². The summed E-state index contributed by atoms with van der Waals surface area (Å²) in [4.78, 5) is 2.39. The quantitative estimate of drug-likeness (QED) is 0.902. The van der Waals surface area contributed by atoms with Crippen LogP contribution in [0, 0.1) is 5.82 Å². The van der Waals surface area contributed by atoms with Crippen molar-refractivity contribution >= 4 is 12.4 Å². The molecule has 1 aliphatic rings. The third-order valence-corrected chi connectivity index (χ3v) is 3.28. The van der Waals surface area contributed by atoms with Crippen molar-refractivity contribution in [1.82, 2.24) is 4.90 Å². The Morgan fingerprint density at radius 1 is 1.41 bits per heavy atom. The Hall–Kier alpha value is -0.640. The topological polar surface area (TPSA) is 29.3 Å². The monoisotopic (exact) mass is 258 g/mol. The van der Waals surface area contributed by atoms with E-state index in [1.54, 1.807) is 0 Å². The highest BCUT2D eigenvalue weighted by atomic mass is 35.5. The Morgan fingerprint density at radius 3 is 2.59 bits per heavy atom. The zero-order valence-corrected chi connectivity index (χ0v) is 10.9. The van der Waals surface area contributed by atoms with Crippen molar-refractivity contribution in [2.24, 2.45) is 5.73 Å². The van der Waals surface area contributed by atoms with Crippen LogP contribution in [0.3, 0.4) is 0 Å². The standard InChI is InChI=1S/C13H19FN2.ClH/c1-10(8-16-7-6-13(15)9-16)11-2-4-12(14)5-3-11;/h2-5,10,13H,6-9,15H2,1H3;1H/t10?,13-;/m0./s1. The zero-order valence-electron chi connectivity index (χ0n) is 10.1. The van der Waals surface area contributed by atoms with E-state index in [0.29, 0.717) is 12.0 Å². The van der Waals surface area contributed by atoms with Gasteiger partial charge in [-0.15, -0.1) is 12.4 Å². The van der Waals surface area contributed by atoms with E-state index < -0.39 is 0 Å². The van der Waals surface area contributed by atoms with Gasteiger partial charge in [0.2, 0.25) is 0 Å². The average Bonchev–Trinajstić information content (AvgIpc) is 2.65. The Bertz CT molecular complexity index is 342. The second-order valence-electron chi connectivity index (χ2n) is 4.76. The van der Waals surface area contributed by atoms with Crippen LogP contribution in [0.15, 0.2) is 24.3 Å². The summed E-state index contributed by atoms with van der Waals surface area (Å²) in [6.45, 7) is 5.27. The molecule has 1 aromatic rings. The Kier molecular flexibility index (Phi) is 5.37. The number of rotatable bonds is 3. The molecule has 1 fully saturated rings. The molecule has 0 aliphatic carbocycles. The van der Waals surface area contributed by atoms with Crippen molar-refractivity contribution in [2.45, 2.75) is 25.3 Å². The van der Waals surface area contributed by atoms with Crippen LogP contribution in [-0.4, -0.2) is 30.6 Å². The molecule has 2 nitrogen and oxygen atoms in total. The zero-order chi connectivity index (χ0) is 11.5. The summed E-state index contributed by atoms with van der Waals surface area (Å²) in [6.07, 6.45) is 1.09. The Balaban J connectivity index is 0.00000144. The van der Waals surface area contributed by atoms with Crippen molar-refractivity contribution in [3.05, 3.63) is 35.6 Å². The maximum Gasteiger partial charge on any atom is 0.123 e. The fourth-order valence-electron chi connectivity index (χ4n) is 2.31. The van der Waals surface area contributed by atoms with Gasteiger partial charge in [-0.05, 0) is 36.6 Å². The predicted molar refractivity (Wildman–Crippen MR) is 71.1 cm³/mol. The van der Waals surface area contributed by atoms with Crippen LogP contribution >= 0.6 is 12.4 Å². The molecule has 1 aromatic carbocycles. The van der Waals surface area contributed by atoms with Crippen molar-refractivity contribution in [2.75, 3.05) is 19.6 Å².